The Morgan fingerprint density at radius 1 is 1.24 bits per heavy atom. The molecule has 1 saturated carbocycles. The average Bonchev–Trinajstić information content (AvgIpc) is 3.08. The first kappa shape index (κ1) is 15.0. The molecule has 17 heavy (non-hydrogen) atoms. The predicted octanol–water partition coefficient (Wildman–Crippen LogP) is 3.13. The van der Waals surface area contributed by atoms with Crippen molar-refractivity contribution in [2.45, 2.75) is 59.4 Å². The summed E-state index contributed by atoms with van der Waals surface area (Å²) < 4.78 is 0. The second-order valence-corrected chi connectivity index (χ2v) is 6.12. The molecule has 1 fully saturated rings. The lowest BCUT2D eigenvalue weighted by molar-refractivity contribution is 0.198. The molecule has 1 unspecified atom stereocenters. The minimum absolute atomic E-state index is 0.765. The highest BCUT2D eigenvalue weighted by Gasteiger charge is 2.25. The van der Waals surface area contributed by atoms with E-state index >= 15 is 0 Å². The molecule has 1 aliphatic rings. The fourth-order valence-corrected chi connectivity index (χ4v) is 2.35. The van der Waals surface area contributed by atoms with Gasteiger partial charge in [0.25, 0.3) is 0 Å². The molecule has 1 N–H and O–H groups in total. The molecule has 1 aliphatic carbocycles. The number of nitrogens with one attached hydrogen (secondary N) is 1. The second kappa shape index (κ2) is 8.10. The van der Waals surface area contributed by atoms with Gasteiger partial charge in [0.15, 0.2) is 0 Å². The maximum absolute atomic E-state index is 3.53. The lowest BCUT2D eigenvalue weighted by atomic mass is 10.1. The van der Waals surface area contributed by atoms with E-state index in [0.717, 1.165) is 24.4 Å². The van der Waals surface area contributed by atoms with Crippen LogP contribution in [-0.4, -0.2) is 37.1 Å². The largest absolute Gasteiger partial charge is 0.316 e. The first-order valence-electron chi connectivity index (χ1n) is 7.58. The van der Waals surface area contributed by atoms with Crippen LogP contribution < -0.4 is 5.32 Å². The van der Waals surface area contributed by atoms with Crippen LogP contribution in [0.25, 0.3) is 0 Å². The minimum atomic E-state index is 0.765. The van der Waals surface area contributed by atoms with E-state index in [2.05, 4.69) is 37.9 Å². The summed E-state index contributed by atoms with van der Waals surface area (Å²) >= 11 is 0. The van der Waals surface area contributed by atoms with E-state index in [0.29, 0.717) is 0 Å². The summed E-state index contributed by atoms with van der Waals surface area (Å²) in [5, 5.41) is 3.53. The Labute approximate surface area is 108 Å². The summed E-state index contributed by atoms with van der Waals surface area (Å²) in [6.45, 7) is 14.1. The van der Waals surface area contributed by atoms with Gasteiger partial charge in [-0.2, -0.15) is 0 Å². The van der Waals surface area contributed by atoms with Gasteiger partial charge in [0, 0.05) is 12.6 Å². The molecule has 0 aromatic rings. The molecule has 0 bridgehead atoms. The zero-order chi connectivity index (χ0) is 12.7. The number of hydrogen-bond donors (Lipinski definition) is 1. The van der Waals surface area contributed by atoms with Crippen LogP contribution in [0.5, 0.6) is 0 Å². The third-order valence-corrected chi connectivity index (χ3v) is 3.75. The van der Waals surface area contributed by atoms with E-state index in [9.17, 15) is 0 Å². The molecule has 0 aliphatic heterocycles. The zero-order valence-electron chi connectivity index (χ0n) is 12.3. The van der Waals surface area contributed by atoms with Crippen molar-refractivity contribution >= 4 is 0 Å². The molecule has 0 radical (unpaired) electrons. The summed E-state index contributed by atoms with van der Waals surface area (Å²) in [6, 6.07) is 0.765. The Morgan fingerprint density at radius 2 is 1.94 bits per heavy atom. The van der Waals surface area contributed by atoms with Gasteiger partial charge in [0.1, 0.15) is 0 Å². The summed E-state index contributed by atoms with van der Waals surface area (Å²) in [5.41, 5.74) is 0. The van der Waals surface area contributed by atoms with Crippen molar-refractivity contribution in [2.75, 3.05) is 26.2 Å². The fraction of sp³-hybridized carbons (Fsp3) is 1.00. The molecule has 0 aromatic heterocycles. The molecule has 2 heteroatoms. The SMILES string of the molecule is CCN(CC1CC1)C(C)CCCNCC(C)C. The topological polar surface area (TPSA) is 15.3 Å². The Hall–Kier alpha value is -0.0800. The van der Waals surface area contributed by atoms with Crippen LogP contribution in [0.1, 0.15) is 53.4 Å². The molecule has 0 aromatic carbocycles. The number of rotatable bonds is 10. The number of hydrogen-bond acceptors (Lipinski definition) is 2. The van der Waals surface area contributed by atoms with E-state index in [4.69, 9.17) is 0 Å². The summed E-state index contributed by atoms with van der Waals surface area (Å²) in [4.78, 5) is 2.67. The van der Waals surface area contributed by atoms with Crippen LogP contribution in [0, 0.1) is 11.8 Å². The first-order valence-corrected chi connectivity index (χ1v) is 7.58. The van der Waals surface area contributed by atoms with Crippen LogP contribution in [0.15, 0.2) is 0 Å². The van der Waals surface area contributed by atoms with Gasteiger partial charge in [-0.05, 0) is 64.1 Å². The van der Waals surface area contributed by atoms with Crippen LogP contribution in [0.3, 0.4) is 0 Å². The van der Waals surface area contributed by atoms with Crippen LogP contribution in [0.4, 0.5) is 0 Å². The Kier molecular flexibility index (Phi) is 7.14. The van der Waals surface area contributed by atoms with E-state index < -0.39 is 0 Å². The molecule has 1 atom stereocenters. The van der Waals surface area contributed by atoms with Crippen LogP contribution in [-0.2, 0) is 0 Å². The van der Waals surface area contributed by atoms with Crippen LogP contribution >= 0.6 is 0 Å². The van der Waals surface area contributed by atoms with Crippen molar-refractivity contribution in [3.8, 4) is 0 Å². The highest BCUT2D eigenvalue weighted by molar-refractivity contribution is 4.79. The standard InChI is InChI=1S/C15H32N2/c1-5-17(12-15-8-9-15)14(4)7-6-10-16-11-13(2)3/h13-16H,5-12H2,1-4H3. The molecular weight excluding hydrogens is 208 g/mol. The van der Waals surface area contributed by atoms with Gasteiger partial charge in [-0.15, -0.1) is 0 Å². The Bertz CT molecular complexity index is 187. The maximum Gasteiger partial charge on any atom is 0.00674 e. The lowest BCUT2D eigenvalue weighted by Crippen LogP contribution is -2.35. The molecule has 1 rings (SSSR count). The molecule has 102 valence electrons. The van der Waals surface area contributed by atoms with Crippen molar-refractivity contribution in [1.82, 2.24) is 10.2 Å². The number of nitrogens with zero attached hydrogens (tertiary/aromatic N) is 1. The molecule has 0 saturated heterocycles. The van der Waals surface area contributed by atoms with E-state index in [-0.39, 0.29) is 0 Å². The Morgan fingerprint density at radius 3 is 2.47 bits per heavy atom. The van der Waals surface area contributed by atoms with Gasteiger partial charge in [-0.25, -0.2) is 0 Å². The van der Waals surface area contributed by atoms with Gasteiger partial charge >= 0.3 is 0 Å². The average molecular weight is 240 g/mol. The molecule has 0 heterocycles. The highest BCUT2D eigenvalue weighted by atomic mass is 15.1. The monoisotopic (exact) mass is 240 g/mol. The van der Waals surface area contributed by atoms with Crippen LogP contribution in [0.2, 0.25) is 0 Å². The quantitative estimate of drug-likeness (QED) is 0.590. The third kappa shape index (κ3) is 7.05. The van der Waals surface area contributed by atoms with Gasteiger partial charge in [-0.3, -0.25) is 0 Å². The van der Waals surface area contributed by atoms with Crippen molar-refractivity contribution in [2.24, 2.45) is 11.8 Å². The van der Waals surface area contributed by atoms with Crippen molar-refractivity contribution in [1.29, 1.82) is 0 Å². The van der Waals surface area contributed by atoms with Gasteiger partial charge in [0.05, 0.1) is 0 Å². The minimum Gasteiger partial charge on any atom is -0.316 e. The van der Waals surface area contributed by atoms with Gasteiger partial charge in [0.2, 0.25) is 0 Å². The van der Waals surface area contributed by atoms with E-state index in [1.165, 1.54) is 45.3 Å². The lowest BCUT2D eigenvalue weighted by Gasteiger charge is -2.28. The fourth-order valence-electron chi connectivity index (χ4n) is 2.35. The van der Waals surface area contributed by atoms with E-state index in [1.807, 2.05) is 0 Å². The first-order chi connectivity index (χ1) is 8.13. The van der Waals surface area contributed by atoms with Crippen molar-refractivity contribution in [3.63, 3.8) is 0 Å². The highest BCUT2D eigenvalue weighted by Crippen LogP contribution is 2.30. The third-order valence-electron chi connectivity index (χ3n) is 3.75. The van der Waals surface area contributed by atoms with Crippen molar-refractivity contribution in [3.05, 3.63) is 0 Å². The second-order valence-electron chi connectivity index (χ2n) is 6.12. The maximum atomic E-state index is 3.53. The Balaban J connectivity index is 2.03. The van der Waals surface area contributed by atoms with Gasteiger partial charge in [-0.1, -0.05) is 20.8 Å². The predicted molar refractivity (Wildman–Crippen MR) is 76.4 cm³/mol. The zero-order valence-corrected chi connectivity index (χ0v) is 12.3. The molecule has 0 amide bonds. The van der Waals surface area contributed by atoms with Crippen molar-refractivity contribution < 1.29 is 0 Å². The molecular formula is C15H32N2. The molecule has 2 nitrogen and oxygen atoms in total. The summed E-state index contributed by atoms with van der Waals surface area (Å²) in [6.07, 6.45) is 5.60. The smallest absolute Gasteiger partial charge is 0.00674 e. The van der Waals surface area contributed by atoms with E-state index in [1.54, 1.807) is 0 Å². The molecule has 0 spiro atoms. The van der Waals surface area contributed by atoms with Gasteiger partial charge < -0.3 is 10.2 Å². The summed E-state index contributed by atoms with van der Waals surface area (Å²) in [5.74, 6) is 1.80. The summed E-state index contributed by atoms with van der Waals surface area (Å²) in [7, 11) is 0. The normalized spacial score (nSPS) is 18.0.